The van der Waals surface area contributed by atoms with E-state index in [4.69, 9.17) is 5.11 Å². The van der Waals surface area contributed by atoms with Gasteiger partial charge in [-0.15, -0.1) is 0 Å². The average Bonchev–Trinajstić information content (AvgIpc) is 2.21. The number of carboxylic acids is 1. The fourth-order valence-electron chi connectivity index (χ4n) is 1.42. The van der Waals surface area contributed by atoms with E-state index in [1.807, 2.05) is 0 Å². The number of hydrogen-bond acceptors (Lipinski definition) is 3. The molecule has 0 bridgehead atoms. The minimum Gasteiger partial charge on any atom is -0.480 e. The Morgan fingerprint density at radius 2 is 1.94 bits per heavy atom. The molecule has 0 aromatic rings. The summed E-state index contributed by atoms with van der Waals surface area (Å²) in [6.07, 6.45) is 1.36. The lowest BCUT2D eigenvalue weighted by Crippen LogP contribution is -2.49. The third-order valence-corrected chi connectivity index (χ3v) is 3.82. The van der Waals surface area contributed by atoms with Crippen molar-refractivity contribution in [2.75, 3.05) is 11.5 Å². The standard InChI is InChI=1S/C9H16N2O4S/c1-6(8(12)13)10-9(14)11-7-2-4-16(15)5-3-7/h6-7H,2-5H2,1H3,(H,12,13)(H2,10,11,14). The highest BCUT2D eigenvalue weighted by molar-refractivity contribution is 7.85. The number of aliphatic carboxylic acids is 1. The molecule has 7 heteroatoms. The maximum atomic E-state index is 11.3. The molecule has 1 fully saturated rings. The van der Waals surface area contributed by atoms with E-state index in [0.29, 0.717) is 24.3 Å². The van der Waals surface area contributed by atoms with Crippen LogP contribution < -0.4 is 10.6 Å². The van der Waals surface area contributed by atoms with Crippen molar-refractivity contribution in [3.05, 3.63) is 0 Å². The zero-order valence-corrected chi connectivity index (χ0v) is 9.88. The first kappa shape index (κ1) is 13.0. The summed E-state index contributed by atoms with van der Waals surface area (Å²) < 4.78 is 11.1. The highest BCUT2D eigenvalue weighted by Crippen LogP contribution is 2.08. The van der Waals surface area contributed by atoms with Gasteiger partial charge in [-0.05, 0) is 19.8 Å². The molecule has 16 heavy (non-hydrogen) atoms. The molecular weight excluding hydrogens is 232 g/mol. The third-order valence-electron chi connectivity index (χ3n) is 2.44. The molecule has 0 radical (unpaired) electrons. The summed E-state index contributed by atoms with van der Waals surface area (Å²) in [5.74, 6) is 0.124. The van der Waals surface area contributed by atoms with Crippen LogP contribution in [0, 0.1) is 0 Å². The summed E-state index contributed by atoms with van der Waals surface area (Å²) in [6, 6.07) is -1.39. The molecular formula is C9H16N2O4S. The van der Waals surface area contributed by atoms with E-state index >= 15 is 0 Å². The lowest BCUT2D eigenvalue weighted by atomic mass is 10.2. The molecule has 3 N–H and O–H groups in total. The Morgan fingerprint density at radius 3 is 2.44 bits per heavy atom. The number of amides is 2. The molecule has 2 amide bonds. The topological polar surface area (TPSA) is 95.5 Å². The third kappa shape index (κ3) is 4.18. The van der Waals surface area contributed by atoms with Gasteiger partial charge in [0.15, 0.2) is 0 Å². The monoisotopic (exact) mass is 248 g/mol. The molecule has 0 aliphatic carbocycles. The van der Waals surface area contributed by atoms with Crippen LogP contribution in [0.1, 0.15) is 19.8 Å². The van der Waals surface area contributed by atoms with Gasteiger partial charge in [-0.2, -0.15) is 0 Å². The Bertz CT molecular complexity index is 298. The number of carbonyl (C=O) groups excluding carboxylic acids is 1. The SMILES string of the molecule is CC(NC(=O)NC1CCS(=O)CC1)C(=O)O. The smallest absolute Gasteiger partial charge is 0.325 e. The van der Waals surface area contributed by atoms with Crippen molar-refractivity contribution in [2.45, 2.75) is 31.8 Å². The van der Waals surface area contributed by atoms with E-state index in [-0.39, 0.29) is 6.04 Å². The number of carboxylic acid groups (broad SMARTS) is 1. The normalized spacial score (nSPS) is 26.8. The summed E-state index contributed by atoms with van der Waals surface area (Å²) in [6.45, 7) is 1.40. The molecule has 1 aliphatic heterocycles. The van der Waals surface area contributed by atoms with Crippen molar-refractivity contribution in [1.29, 1.82) is 0 Å². The van der Waals surface area contributed by atoms with Crippen molar-refractivity contribution in [1.82, 2.24) is 10.6 Å². The van der Waals surface area contributed by atoms with Gasteiger partial charge in [0.1, 0.15) is 6.04 Å². The molecule has 6 nitrogen and oxygen atoms in total. The van der Waals surface area contributed by atoms with Crippen molar-refractivity contribution >= 4 is 22.8 Å². The maximum Gasteiger partial charge on any atom is 0.325 e. The summed E-state index contributed by atoms with van der Waals surface area (Å²) in [7, 11) is -0.760. The Hall–Kier alpha value is -1.11. The van der Waals surface area contributed by atoms with Crippen LogP contribution in [0.2, 0.25) is 0 Å². The fourth-order valence-corrected chi connectivity index (χ4v) is 2.72. The first-order valence-electron chi connectivity index (χ1n) is 5.14. The molecule has 0 aromatic carbocycles. The zero-order chi connectivity index (χ0) is 12.1. The summed E-state index contributed by atoms with van der Waals surface area (Å²) in [5.41, 5.74) is 0. The van der Waals surface area contributed by atoms with E-state index < -0.39 is 28.8 Å². The Labute approximate surface area is 96.2 Å². The van der Waals surface area contributed by atoms with Gasteiger partial charge in [-0.1, -0.05) is 0 Å². The van der Waals surface area contributed by atoms with Gasteiger partial charge in [-0.25, -0.2) is 4.79 Å². The number of urea groups is 1. The second-order valence-electron chi connectivity index (χ2n) is 3.80. The molecule has 1 heterocycles. The van der Waals surface area contributed by atoms with E-state index in [1.54, 1.807) is 0 Å². The fraction of sp³-hybridized carbons (Fsp3) is 0.778. The van der Waals surface area contributed by atoms with Crippen LogP contribution in [0.4, 0.5) is 4.79 Å². The van der Waals surface area contributed by atoms with E-state index in [0.717, 1.165) is 0 Å². The van der Waals surface area contributed by atoms with Gasteiger partial charge in [0.05, 0.1) is 0 Å². The van der Waals surface area contributed by atoms with Crippen LogP contribution in [-0.2, 0) is 15.6 Å². The second kappa shape index (κ2) is 5.83. The zero-order valence-electron chi connectivity index (χ0n) is 9.06. The van der Waals surface area contributed by atoms with Crippen LogP contribution in [-0.4, -0.2) is 44.9 Å². The maximum absolute atomic E-state index is 11.3. The summed E-state index contributed by atoms with van der Waals surface area (Å²) in [4.78, 5) is 21.8. The van der Waals surface area contributed by atoms with Gasteiger partial charge >= 0.3 is 12.0 Å². The number of nitrogens with one attached hydrogen (secondary N) is 2. The predicted molar refractivity (Wildman–Crippen MR) is 59.7 cm³/mol. The van der Waals surface area contributed by atoms with Gasteiger partial charge in [-0.3, -0.25) is 9.00 Å². The lowest BCUT2D eigenvalue weighted by Gasteiger charge is -2.23. The van der Waals surface area contributed by atoms with E-state index in [2.05, 4.69) is 10.6 Å². The molecule has 1 atom stereocenters. The van der Waals surface area contributed by atoms with Crippen LogP contribution >= 0.6 is 0 Å². The van der Waals surface area contributed by atoms with Crippen molar-refractivity contribution < 1.29 is 18.9 Å². The molecule has 92 valence electrons. The van der Waals surface area contributed by atoms with Crippen molar-refractivity contribution in [3.63, 3.8) is 0 Å². The Balaban J connectivity index is 2.29. The first-order chi connectivity index (χ1) is 7.49. The van der Waals surface area contributed by atoms with Crippen molar-refractivity contribution in [3.8, 4) is 0 Å². The van der Waals surface area contributed by atoms with Crippen LogP contribution in [0.3, 0.4) is 0 Å². The quantitative estimate of drug-likeness (QED) is 0.637. The van der Waals surface area contributed by atoms with Gasteiger partial charge in [0.2, 0.25) is 0 Å². The summed E-state index contributed by atoms with van der Waals surface area (Å²) in [5, 5.41) is 13.6. The number of hydrogen-bond donors (Lipinski definition) is 3. The average molecular weight is 248 g/mol. The lowest BCUT2D eigenvalue weighted by molar-refractivity contribution is -0.138. The molecule has 0 aromatic heterocycles. The van der Waals surface area contributed by atoms with Gasteiger partial charge in [0, 0.05) is 28.3 Å². The summed E-state index contributed by atoms with van der Waals surface area (Å²) >= 11 is 0. The highest BCUT2D eigenvalue weighted by Gasteiger charge is 2.21. The molecule has 1 unspecified atom stereocenters. The van der Waals surface area contributed by atoms with Gasteiger partial charge < -0.3 is 15.7 Å². The largest absolute Gasteiger partial charge is 0.480 e. The highest BCUT2D eigenvalue weighted by atomic mass is 32.2. The van der Waals surface area contributed by atoms with Crippen LogP contribution in [0.25, 0.3) is 0 Å². The minimum atomic E-state index is -1.07. The van der Waals surface area contributed by atoms with Crippen molar-refractivity contribution in [2.24, 2.45) is 0 Å². The number of carbonyl (C=O) groups is 2. The van der Waals surface area contributed by atoms with Crippen LogP contribution in [0.15, 0.2) is 0 Å². The molecule has 1 aliphatic rings. The van der Waals surface area contributed by atoms with Crippen LogP contribution in [0.5, 0.6) is 0 Å². The Kier molecular flexibility index (Phi) is 4.72. The number of rotatable bonds is 3. The second-order valence-corrected chi connectivity index (χ2v) is 5.50. The first-order valence-corrected chi connectivity index (χ1v) is 6.62. The molecule has 1 rings (SSSR count). The molecule has 0 saturated carbocycles. The molecule has 1 saturated heterocycles. The predicted octanol–water partition coefficient (Wildman–Crippen LogP) is -0.330. The van der Waals surface area contributed by atoms with Gasteiger partial charge in [0.25, 0.3) is 0 Å². The molecule has 0 spiro atoms. The Morgan fingerprint density at radius 1 is 1.38 bits per heavy atom. The van der Waals surface area contributed by atoms with E-state index in [1.165, 1.54) is 6.92 Å². The van der Waals surface area contributed by atoms with E-state index in [9.17, 15) is 13.8 Å². The minimum absolute atomic E-state index is 0.00121.